The molecule has 0 bridgehead atoms. The van der Waals surface area contributed by atoms with Crippen molar-refractivity contribution in [3.05, 3.63) is 36.0 Å². The minimum atomic E-state index is 0.0354. The molecule has 5 heteroatoms. The number of amides is 1. The molecule has 0 heterocycles. The van der Waals surface area contributed by atoms with E-state index in [0.29, 0.717) is 25.1 Å². The Morgan fingerprint density at radius 3 is 2.90 bits per heavy atom. The van der Waals surface area contributed by atoms with E-state index in [4.69, 9.17) is 5.73 Å². The highest BCUT2D eigenvalue weighted by Crippen LogP contribution is 2.19. The van der Waals surface area contributed by atoms with Crippen LogP contribution in [0.2, 0.25) is 0 Å². The van der Waals surface area contributed by atoms with E-state index in [0.717, 1.165) is 24.8 Å². The molecule has 1 aromatic carbocycles. The Morgan fingerprint density at radius 2 is 2.19 bits per heavy atom. The molecule has 0 radical (unpaired) electrons. The Morgan fingerprint density at radius 1 is 1.38 bits per heavy atom. The monoisotopic (exact) mass is 291 g/mol. The van der Waals surface area contributed by atoms with Crippen molar-refractivity contribution in [3.63, 3.8) is 0 Å². The minimum absolute atomic E-state index is 0.0354. The zero-order valence-electron chi connectivity index (χ0n) is 12.6. The fraction of sp³-hybridized carbons (Fsp3) is 0.438. The number of nitrogen functional groups attached to an aromatic ring is 1. The predicted octanol–water partition coefficient (Wildman–Crippen LogP) is 1.93. The van der Waals surface area contributed by atoms with Crippen LogP contribution in [0.3, 0.4) is 0 Å². The van der Waals surface area contributed by atoms with Gasteiger partial charge in [0.25, 0.3) is 0 Å². The number of phenolic OH excluding ortho intramolecular Hbond substituents is 1. The van der Waals surface area contributed by atoms with Gasteiger partial charge in [0.2, 0.25) is 5.91 Å². The molecule has 0 fully saturated rings. The molecule has 5 N–H and O–H groups in total. The Hall–Kier alpha value is -2.17. The number of aryl methyl sites for hydroxylation is 1. The SMILES string of the molecule is CN/C=C/CCCCNC(=O)CCc1ccc(O)cc1N. The van der Waals surface area contributed by atoms with Gasteiger partial charge in [-0.25, -0.2) is 0 Å². The van der Waals surface area contributed by atoms with Crippen LogP contribution in [0.5, 0.6) is 5.75 Å². The third kappa shape index (κ3) is 7.25. The zero-order valence-corrected chi connectivity index (χ0v) is 12.6. The smallest absolute Gasteiger partial charge is 0.220 e. The molecule has 1 amide bonds. The van der Waals surface area contributed by atoms with Gasteiger partial charge in [-0.15, -0.1) is 0 Å². The number of hydrogen-bond acceptors (Lipinski definition) is 4. The summed E-state index contributed by atoms with van der Waals surface area (Å²) in [5.41, 5.74) is 7.20. The summed E-state index contributed by atoms with van der Waals surface area (Å²) in [6, 6.07) is 4.85. The van der Waals surface area contributed by atoms with Gasteiger partial charge in [0.1, 0.15) is 5.75 Å². The number of allylic oxidation sites excluding steroid dienone is 1. The molecule has 1 rings (SSSR count). The van der Waals surface area contributed by atoms with Gasteiger partial charge in [-0.1, -0.05) is 12.1 Å². The standard InChI is InChI=1S/C16H25N3O2/c1-18-10-4-2-3-5-11-19-16(21)9-7-13-6-8-14(20)12-15(13)17/h4,6,8,10,12,18,20H,2-3,5,7,9,11,17H2,1H3,(H,19,21)/b10-4+. The fourth-order valence-electron chi connectivity index (χ4n) is 1.96. The highest BCUT2D eigenvalue weighted by atomic mass is 16.3. The third-order valence-electron chi connectivity index (χ3n) is 3.16. The quantitative estimate of drug-likeness (QED) is 0.413. The number of phenols is 1. The van der Waals surface area contributed by atoms with Crippen LogP contribution in [0, 0.1) is 0 Å². The number of hydrogen-bond donors (Lipinski definition) is 4. The normalized spacial score (nSPS) is 10.7. The van der Waals surface area contributed by atoms with Crippen LogP contribution in [0.4, 0.5) is 5.69 Å². The van der Waals surface area contributed by atoms with E-state index in [1.807, 2.05) is 13.2 Å². The summed E-state index contributed by atoms with van der Waals surface area (Å²) in [7, 11) is 1.87. The number of anilines is 1. The minimum Gasteiger partial charge on any atom is -0.508 e. The van der Waals surface area contributed by atoms with Crippen molar-refractivity contribution in [3.8, 4) is 5.75 Å². The van der Waals surface area contributed by atoms with E-state index < -0.39 is 0 Å². The van der Waals surface area contributed by atoms with Crippen molar-refractivity contribution in [1.29, 1.82) is 0 Å². The Bertz CT molecular complexity index is 473. The number of nitrogens with two attached hydrogens (primary N) is 1. The first-order valence-corrected chi connectivity index (χ1v) is 7.30. The predicted molar refractivity (Wildman–Crippen MR) is 85.9 cm³/mol. The van der Waals surface area contributed by atoms with Crippen molar-refractivity contribution < 1.29 is 9.90 Å². The number of rotatable bonds is 9. The van der Waals surface area contributed by atoms with Crippen molar-refractivity contribution in [2.45, 2.75) is 32.1 Å². The molecule has 0 aliphatic carbocycles. The second-order valence-corrected chi connectivity index (χ2v) is 4.92. The van der Waals surface area contributed by atoms with Crippen LogP contribution in [-0.2, 0) is 11.2 Å². The maximum atomic E-state index is 11.7. The van der Waals surface area contributed by atoms with Gasteiger partial charge in [-0.3, -0.25) is 4.79 Å². The second-order valence-electron chi connectivity index (χ2n) is 4.92. The lowest BCUT2D eigenvalue weighted by Gasteiger charge is -2.07. The van der Waals surface area contributed by atoms with E-state index >= 15 is 0 Å². The van der Waals surface area contributed by atoms with Gasteiger partial charge in [-0.2, -0.15) is 0 Å². The summed E-state index contributed by atoms with van der Waals surface area (Å²) in [6.07, 6.45) is 8.04. The summed E-state index contributed by atoms with van der Waals surface area (Å²) in [5.74, 6) is 0.182. The van der Waals surface area contributed by atoms with E-state index in [1.54, 1.807) is 12.1 Å². The largest absolute Gasteiger partial charge is 0.508 e. The van der Waals surface area contributed by atoms with E-state index in [9.17, 15) is 9.90 Å². The molecule has 0 aliphatic rings. The van der Waals surface area contributed by atoms with Crippen LogP contribution in [0.1, 0.15) is 31.2 Å². The molecule has 5 nitrogen and oxygen atoms in total. The van der Waals surface area contributed by atoms with Gasteiger partial charge in [0.15, 0.2) is 0 Å². The number of carbonyl (C=O) groups excluding carboxylic acids is 1. The summed E-state index contributed by atoms with van der Waals surface area (Å²) >= 11 is 0. The van der Waals surface area contributed by atoms with Gasteiger partial charge >= 0.3 is 0 Å². The molecule has 1 aromatic rings. The first-order chi connectivity index (χ1) is 10.1. The third-order valence-corrected chi connectivity index (χ3v) is 3.16. The molecule has 0 atom stereocenters. The van der Waals surface area contributed by atoms with Crippen LogP contribution in [0.15, 0.2) is 30.5 Å². The highest BCUT2D eigenvalue weighted by Gasteiger charge is 2.05. The molecule has 0 aromatic heterocycles. The maximum Gasteiger partial charge on any atom is 0.220 e. The topological polar surface area (TPSA) is 87.4 Å². The van der Waals surface area contributed by atoms with Crippen molar-refractivity contribution in [2.24, 2.45) is 0 Å². The lowest BCUT2D eigenvalue weighted by Crippen LogP contribution is -2.24. The first-order valence-electron chi connectivity index (χ1n) is 7.30. The number of unbranched alkanes of at least 4 members (excludes halogenated alkanes) is 2. The fourth-order valence-corrected chi connectivity index (χ4v) is 1.96. The Labute approximate surface area is 126 Å². The molecule has 0 unspecified atom stereocenters. The molecular weight excluding hydrogens is 266 g/mol. The first kappa shape index (κ1) is 16.9. The lowest BCUT2D eigenvalue weighted by atomic mass is 10.1. The zero-order chi connectivity index (χ0) is 15.5. The summed E-state index contributed by atoms with van der Waals surface area (Å²) in [5, 5.41) is 15.1. The summed E-state index contributed by atoms with van der Waals surface area (Å²) in [4.78, 5) is 11.7. The van der Waals surface area contributed by atoms with Gasteiger partial charge < -0.3 is 21.5 Å². The number of benzene rings is 1. The Kier molecular flexibility index (Phi) is 7.79. The molecule has 0 aliphatic heterocycles. The van der Waals surface area contributed by atoms with Gasteiger partial charge in [0.05, 0.1) is 0 Å². The van der Waals surface area contributed by atoms with Crippen molar-refractivity contribution in [1.82, 2.24) is 10.6 Å². The summed E-state index contributed by atoms with van der Waals surface area (Å²) < 4.78 is 0. The molecule has 0 spiro atoms. The van der Waals surface area contributed by atoms with E-state index in [1.165, 1.54) is 6.07 Å². The van der Waals surface area contributed by atoms with Gasteiger partial charge in [-0.05, 0) is 43.5 Å². The molecular formula is C16H25N3O2. The molecule has 116 valence electrons. The number of aromatic hydroxyl groups is 1. The lowest BCUT2D eigenvalue weighted by molar-refractivity contribution is -0.121. The van der Waals surface area contributed by atoms with E-state index in [2.05, 4.69) is 16.7 Å². The second kappa shape index (κ2) is 9.69. The van der Waals surface area contributed by atoms with Crippen LogP contribution in [-0.4, -0.2) is 24.6 Å². The van der Waals surface area contributed by atoms with E-state index in [-0.39, 0.29) is 11.7 Å². The molecule has 0 saturated heterocycles. The summed E-state index contributed by atoms with van der Waals surface area (Å²) in [6.45, 7) is 0.706. The number of nitrogens with one attached hydrogen (secondary N) is 2. The van der Waals surface area contributed by atoms with Crippen LogP contribution < -0.4 is 16.4 Å². The highest BCUT2D eigenvalue weighted by molar-refractivity contribution is 5.76. The average Bonchev–Trinajstić information content (AvgIpc) is 2.45. The molecule has 21 heavy (non-hydrogen) atoms. The van der Waals surface area contributed by atoms with Crippen molar-refractivity contribution in [2.75, 3.05) is 19.3 Å². The van der Waals surface area contributed by atoms with Gasteiger partial charge in [0, 0.05) is 31.8 Å². The van der Waals surface area contributed by atoms with Crippen LogP contribution in [0.25, 0.3) is 0 Å². The average molecular weight is 291 g/mol. The number of carbonyl (C=O) groups is 1. The molecule has 0 saturated carbocycles. The Balaban J connectivity index is 2.15. The maximum absolute atomic E-state index is 11.7. The van der Waals surface area contributed by atoms with Crippen molar-refractivity contribution >= 4 is 11.6 Å². The van der Waals surface area contributed by atoms with Crippen LogP contribution >= 0.6 is 0 Å².